The first-order valence-corrected chi connectivity index (χ1v) is 6.59. The van der Waals surface area contributed by atoms with Crippen LogP contribution in [0.1, 0.15) is 51.0 Å². The van der Waals surface area contributed by atoms with E-state index in [-0.39, 0.29) is 5.92 Å². The summed E-state index contributed by atoms with van der Waals surface area (Å²) in [4.78, 5) is 11.9. The van der Waals surface area contributed by atoms with Gasteiger partial charge in [-0.05, 0) is 37.4 Å². The molecule has 4 atom stereocenters. The molecular weight excluding hydrogens is 208 g/mol. The van der Waals surface area contributed by atoms with Gasteiger partial charge in [-0.15, -0.1) is 0 Å². The molecule has 1 nitrogen and oxygen atoms in total. The van der Waals surface area contributed by atoms with Gasteiger partial charge < -0.3 is 0 Å². The number of ketones is 1. The first-order valence-electron chi connectivity index (χ1n) is 8.09. The maximum Gasteiger partial charge on any atom is 0.136 e. The Labute approximate surface area is 110 Å². The smallest absolute Gasteiger partial charge is 0.136 e. The van der Waals surface area contributed by atoms with Crippen LogP contribution in [0.25, 0.3) is 0 Å². The van der Waals surface area contributed by atoms with Crippen LogP contribution < -0.4 is 0 Å². The fourth-order valence-corrected chi connectivity index (χ4v) is 2.84. The average molecular weight is 237 g/mol. The molecule has 0 N–H and O–H groups in total. The number of allylic oxidation sites excluding steroid dienone is 4. The third-order valence-electron chi connectivity index (χ3n) is 4.15. The van der Waals surface area contributed by atoms with E-state index in [4.69, 9.17) is 4.11 Å². The van der Waals surface area contributed by atoms with E-state index < -0.39 is 6.85 Å². The van der Waals surface area contributed by atoms with Crippen LogP contribution in [0.2, 0.25) is 0 Å². The lowest BCUT2D eigenvalue weighted by Crippen LogP contribution is -2.26. The van der Waals surface area contributed by atoms with Crippen molar-refractivity contribution < 1.29 is 8.91 Å². The van der Waals surface area contributed by atoms with Crippen molar-refractivity contribution >= 4 is 5.78 Å². The van der Waals surface area contributed by atoms with Gasteiger partial charge in [0.2, 0.25) is 0 Å². The fraction of sp³-hybridized carbons (Fsp3) is 0.688. The number of rotatable bonds is 5. The minimum absolute atomic E-state index is 0.205. The zero-order valence-corrected chi connectivity index (χ0v) is 11.1. The molecule has 0 aromatic heterocycles. The molecule has 0 aromatic rings. The Kier molecular flexibility index (Phi) is 4.03. The highest BCUT2D eigenvalue weighted by molar-refractivity contribution is 5.83. The Hall–Kier alpha value is -0.850. The highest BCUT2D eigenvalue weighted by atomic mass is 16.1. The Morgan fingerprint density at radius 1 is 1.47 bits per heavy atom. The van der Waals surface area contributed by atoms with E-state index in [1.54, 1.807) is 12.2 Å². The third-order valence-corrected chi connectivity index (χ3v) is 4.15. The molecule has 0 saturated heterocycles. The fourth-order valence-electron chi connectivity index (χ4n) is 2.84. The normalized spacial score (nSPS) is 32.6. The lowest BCUT2D eigenvalue weighted by molar-refractivity contribution is -0.123. The summed E-state index contributed by atoms with van der Waals surface area (Å²) < 4.78 is 21.2. The quantitative estimate of drug-likeness (QED) is 0.648. The second kappa shape index (κ2) is 6.78. The van der Waals surface area contributed by atoms with Crippen molar-refractivity contribution in [3.8, 4) is 0 Å². The zero-order chi connectivity index (χ0) is 15.3. The van der Waals surface area contributed by atoms with Crippen LogP contribution in [0, 0.1) is 23.7 Å². The van der Waals surface area contributed by atoms with Crippen LogP contribution in [0.15, 0.2) is 24.3 Å². The molecule has 0 amide bonds. The molecule has 1 heteroatoms. The first-order chi connectivity index (χ1) is 9.22. The van der Waals surface area contributed by atoms with Crippen LogP contribution in [-0.4, -0.2) is 5.78 Å². The molecule has 1 saturated carbocycles. The second-order valence-electron chi connectivity index (χ2n) is 5.37. The van der Waals surface area contributed by atoms with Crippen LogP contribution in [0.4, 0.5) is 0 Å². The topological polar surface area (TPSA) is 17.1 Å². The first kappa shape index (κ1) is 10.1. The molecule has 1 rings (SSSR count). The number of hydrogen-bond acceptors (Lipinski definition) is 1. The Bertz CT molecular complexity index is 382. The molecule has 0 heterocycles. The summed E-state index contributed by atoms with van der Waals surface area (Å²) in [7, 11) is 0. The van der Waals surface area contributed by atoms with Crippen LogP contribution in [0.5, 0.6) is 0 Å². The van der Waals surface area contributed by atoms with Crippen LogP contribution in [0.3, 0.4) is 0 Å². The van der Waals surface area contributed by atoms with Gasteiger partial charge in [-0.25, -0.2) is 0 Å². The van der Waals surface area contributed by atoms with Crippen molar-refractivity contribution in [2.24, 2.45) is 23.7 Å². The van der Waals surface area contributed by atoms with E-state index in [1.807, 2.05) is 6.08 Å². The lowest BCUT2D eigenvalue weighted by atomic mass is 9.77. The molecule has 1 aliphatic rings. The zero-order valence-electron chi connectivity index (χ0n) is 14.1. The van der Waals surface area contributed by atoms with Gasteiger partial charge in [-0.2, -0.15) is 0 Å². The van der Waals surface area contributed by atoms with Gasteiger partial charge in [0.1, 0.15) is 5.78 Å². The molecule has 17 heavy (non-hydrogen) atoms. The number of carbonyl (C=O) groups excluding carboxylic acids is 1. The summed E-state index contributed by atoms with van der Waals surface area (Å²) in [6, 6.07) is 0. The molecule has 2 unspecified atom stereocenters. The minimum Gasteiger partial charge on any atom is -0.299 e. The molecule has 1 fully saturated rings. The maximum atomic E-state index is 11.9. The van der Waals surface area contributed by atoms with Crippen molar-refractivity contribution in [1.29, 1.82) is 0 Å². The molecule has 0 aliphatic heterocycles. The van der Waals surface area contributed by atoms with Gasteiger partial charge in [-0.1, -0.05) is 45.1 Å². The monoisotopic (exact) mass is 237 g/mol. The molecule has 0 radical (unpaired) electrons. The van der Waals surface area contributed by atoms with E-state index in [0.29, 0.717) is 23.5 Å². The SMILES string of the molecule is [2H]C([2H])([2H])C=CC=CC[C@@H](C)C(C)[C@H]1C(=O)CCC1C. The Morgan fingerprint density at radius 3 is 2.82 bits per heavy atom. The van der Waals surface area contributed by atoms with Crippen LogP contribution in [-0.2, 0) is 4.79 Å². The van der Waals surface area contributed by atoms with Crippen molar-refractivity contribution in [3.63, 3.8) is 0 Å². The Morgan fingerprint density at radius 2 is 2.24 bits per heavy atom. The predicted octanol–water partition coefficient (Wildman–Crippen LogP) is 4.40. The summed E-state index contributed by atoms with van der Waals surface area (Å²) in [6.07, 6.45) is 9.22. The Balaban J connectivity index is 2.46. The van der Waals surface area contributed by atoms with Crippen molar-refractivity contribution in [3.05, 3.63) is 24.3 Å². The lowest BCUT2D eigenvalue weighted by Gasteiger charge is -2.27. The van der Waals surface area contributed by atoms with Crippen molar-refractivity contribution in [2.75, 3.05) is 0 Å². The summed E-state index contributed by atoms with van der Waals surface area (Å²) in [5.74, 6) is 1.94. The summed E-state index contributed by atoms with van der Waals surface area (Å²) in [6.45, 7) is 4.50. The van der Waals surface area contributed by atoms with Crippen LogP contribution >= 0.6 is 0 Å². The number of Topliss-reactive ketones (excluding diaryl/α,β-unsaturated/α-hetero) is 1. The van der Waals surface area contributed by atoms with E-state index >= 15 is 0 Å². The number of carbonyl (C=O) groups is 1. The van der Waals surface area contributed by atoms with Gasteiger partial charge in [-0.3, -0.25) is 4.79 Å². The molecule has 1 aliphatic carbocycles. The van der Waals surface area contributed by atoms with E-state index in [2.05, 4.69) is 20.8 Å². The minimum atomic E-state index is -2.01. The highest BCUT2D eigenvalue weighted by Crippen LogP contribution is 2.37. The van der Waals surface area contributed by atoms with E-state index in [9.17, 15) is 4.79 Å². The van der Waals surface area contributed by atoms with Gasteiger partial charge in [0.05, 0.1) is 0 Å². The largest absolute Gasteiger partial charge is 0.299 e. The molecule has 0 bridgehead atoms. The number of hydrogen-bond donors (Lipinski definition) is 0. The predicted molar refractivity (Wildman–Crippen MR) is 73.8 cm³/mol. The van der Waals surface area contributed by atoms with Crippen molar-refractivity contribution in [1.82, 2.24) is 0 Å². The molecule has 0 aromatic carbocycles. The summed E-state index contributed by atoms with van der Waals surface area (Å²) in [5.41, 5.74) is 0. The summed E-state index contributed by atoms with van der Waals surface area (Å²) >= 11 is 0. The van der Waals surface area contributed by atoms with Gasteiger partial charge in [0.25, 0.3) is 0 Å². The van der Waals surface area contributed by atoms with Gasteiger partial charge in [0, 0.05) is 16.5 Å². The van der Waals surface area contributed by atoms with Gasteiger partial charge >= 0.3 is 0 Å². The molecular formula is C16H26O. The standard InChI is InChI=1S/C16H26O/c1-5-6-7-8-9-12(2)14(4)16-13(3)10-11-15(16)17/h5-8,12-14,16H,9-11H2,1-4H3/t12-,13?,14?,16+/m1/s1/i1D3. The van der Waals surface area contributed by atoms with E-state index in [0.717, 1.165) is 19.3 Å². The van der Waals surface area contributed by atoms with Gasteiger partial charge in [0.15, 0.2) is 0 Å². The second-order valence-corrected chi connectivity index (χ2v) is 5.37. The maximum absolute atomic E-state index is 11.9. The third kappa shape index (κ3) is 3.83. The molecule has 0 spiro atoms. The summed E-state index contributed by atoms with van der Waals surface area (Å²) in [5, 5.41) is 0. The van der Waals surface area contributed by atoms with Crippen molar-refractivity contribution in [2.45, 2.75) is 46.9 Å². The average Bonchev–Trinajstić information content (AvgIpc) is 2.66. The molecule has 96 valence electrons. The highest BCUT2D eigenvalue weighted by Gasteiger charge is 2.37. The van der Waals surface area contributed by atoms with E-state index in [1.165, 1.54) is 6.08 Å².